The van der Waals surface area contributed by atoms with Gasteiger partial charge in [0, 0.05) is 0 Å². The van der Waals surface area contributed by atoms with Crippen LogP contribution in [0.5, 0.6) is 0 Å². The molecule has 0 saturated heterocycles. The lowest BCUT2D eigenvalue weighted by Gasteiger charge is -2.32. The lowest BCUT2D eigenvalue weighted by molar-refractivity contribution is -0.147. The summed E-state index contributed by atoms with van der Waals surface area (Å²) in [5, 5.41) is 62.0. The van der Waals surface area contributed by atoms with E-state index in [1.54, 1.807) is 0 Å². The Morgan fingerprint density at radius 1 is 0.708 bits per heavy atom. The van der Waals surface area contributed by atoms with Crippen molar-refractivity contribution in [2.24, 2.45) is 21.1 Å². The lowest BCUT2D eigenvalue weighted by Crippen LogP contribution is -2.49. The van der Waals surface area contributed by atoms with Gasteiger partial charge in [0.25, 0.3) is 10.8 Å². The third-order valence-electron chi connectivity index (χ3n) is 3.70. The van der Waals surface area contributed by atoms with E-state index in [4.69, 9.17) is 21.0 Å². The molecule has 0 aliphatic heterocycles. The number of hydrogen-bond donors (Lipinski definition) is 2. The molecule has 24 heavy (non-hydrogen) atoms. The molecule has 0 aromatic carbocycles. The normalized spacial score (nSPS) is 12.5. The summed E-state index contributed by atoms with van der Waals surface area (Å²) in [6.45, 7) is 4.59. The molecule has 0 spiro atoms. The smallest absolute Gasteiger partial charge is 0.341 e. The van der Waals surface area contributed by atoms with E-state index in [2.05, 4.69) is 10.2 Å². The predicted molar refractivity (Wildman–Crippen MR) is 75.6 cm³/mol. The number of nitriles is 4. The Labute approximate surface area is 137 Å². The van der Waals surface area contributed by atoms with Crippen LogP contribution in [0.3, 0.4) is 0 Å². The maximum atomic E-state index is 11.3. The van der Waals surface area contributed by atoms with E-state index < -0.39 is 33.8 Å². The van der Waals surface area contributed by atoms with Crippen molar-refractivity contribution in [2.45, 2.75) is 38.8 Å². The minimum atomic E-state index is -2.59. The number of rotatable bonds is 6. The van der Waals surface area contributed by atoms with Crippen molar-refractivity contribution in [3.8, 4) is 24.3 Å². The third-order valence-corrected chi connectivity index (χ3v) is 3.70. The Balaban J connectivity index is 6.27. The van der Waals surface area contributed by atoms with Crippen molar-refractivity contribution in [3.05, 3.63) is 0 Å². The molecule has 0 aliphatic rings. The standard InChI is InChI=1S/C14H14N6O4/c1-11(2,13(5-15,6-16)9(21)22)19-20-12(3,4)14(7-17,8-18)10(23)24/h1-4H3,(H,21,22)(H,23,24). The van der Waals surface area contributed by atoms with Crippen molar-refractivity contribution in [2.75, 3.05) is 0 Å². The molecule has 124 valence electrons. The van der Waals surface area contributed by atoms with Crippen LogP contribution in [-0.4, -0.2) is 33.2 Å². The van der Waals surface area contributed by atoms with E-state index in [0.29, 0.717) is 0 Å². The van der Waals surface area contributed by atoms with Crippen LogP contribution < -0.4 is 0 Å². The average molecular weight is 330 g/mol. The van der Waals surface area contributed by atoms with Crippen LogP contribution in [0.4, 0.5) is 0 Å². The number of carboxylic acid groups (broad SMARTS) is 2. The zero-order chi connectivity index (χ0) is 19.4. The molecule has 0 aliphatic carbocycles. The van der Waals surface area contributed by atoms with Gasteiger partial charge in [-0.05, 0) is 27.7 Å². The molecule has 10 nitrogen and oxygen atoms in total. The molecular weight excluding hydrogens is 316 g/mol. The molecule has 0 bridgehead atoms. The second-order valence-corrected chi connectivity index (χ2v) is 5.88. The fourth-order valence-electron chi connectivity index (χ4n) is 1.71. The molecular formula is C14H14N6O4. The maximum absolute atomic E-state index is 11.3. The van der Waals surface area contributed by atoms with Gasteiger partial charge in [0.05, 0.1) is 24.3 Å². The van der Waals surface area contributed by atoms with Gasteiger partial charge in [-0.2, -0.15) is 31.3 Å². The van der Waals surface area contributed by atoms with Crippen LogP contribution in [-0.2, 0) is 9.59 Å². The second kappa shape index (κ2) is 6.32. The Hall–Kier alpha value is -3.50. The lowest BCUT2D eigenvalue weighted by atomic mass is 9.73. The first-order valence-electron chi connectivity index (χ1n) is 6.40. The highest BCUT2D eigenvalue weighted by Crippen LogP contribution is 2.39. The van der Waals surface area contributed by atoms with Crippen LogP contribution >= 0.6 is 0 Å². The van der Waals surface area contributed by atoms with Gasteiger partial charge in [-0.15, -0.1) is 0 Å². The Morgan fingerprint density at radius 3 is 1.04 bits per heavy atom. The summed E-state index contributed by atoms with van der Waals surface area (Å²) in [5.41, 5.74) is -8.93. The average Bonchev–Trinajstić information content (AvgIpc) is 2.47. The second-order valence-electron chi connectivity index (χ2n) is 5.88. The quantitative estimate of drug-likeness (QED) is 0.678. The highest BCUT2D eigenvalue weighted by Gasteiger charge is 2.57. The van der Waals surface area contributed by atoms with Crippen LogP contribution in [0.2, 0.25) is 0 Å². The summed E-state index contributed by atoms with van der Waals surface area (Å²) in [5.74, 6) is -3.50. The minimum absolute atomic E-state index is 1.15. The van der Waals surface area contributed by atoms with Crippen molar-refractivity contribution < 1.29 is 19.8 Å². The Bertz CT molecular complexity index is 662. The molecule has 0 aromatic heterocycles. The molecule has 0 heterocycles. The molecule has 10 heteroatoms. The number of aliphatic carboxylic acids is 2. The molecule has 0 atom stereocenters. The SMILES string of the molecule is CC(C)(N=NC(C)(C)C(C#N)(C#N)C(=O)O)C(C#N)(C#N)C(=O)O. The van der Waals surface area contributed by atoms with Gasteiger partial charge in [0.2, 0.25) is 0 Å². The van der Waals surface area contributed by atoms with Gasteiger partial charge in [-0.3, -0.25) is 0 Å². The fraction of sp³-hybridized carbons (Fsp3) is 0.571. The van der Waals surface area contributed by atoms with Crippen molar-refractivity contribution in [1.29, 1.82) is 21.0 Å². The summed E-state index contributed by atoms with van der Waals surface area (Å²) < 4.78 is 0. The first kappa shape index (κ1) is 20.5. The Morgan fingerprint density at radius 2 is 0.917 bits per heavy atom. The minimum Gasteiger partial charge on any atom is -0.479 e. The summed E-state index contributed by atoms with van der Waals surface area (Å²) in [4.78, 5) is 22.7. The van der Waals surface area contributed by atoms with E-state index in [-0.39, 0.29) is 0 Å². The monoisotopic (exact) mass is 330 g/mol. The van der Waals surface area contributed by atoms with E-state index in [0.717, 1.165) is 27.7 Å². The molecule has 0 rings (SSSR count). The maximum Gasteiger partial charge on any atom is 0.341 e. The van der Waals surface area contributed by atoms with Crippen LogP contribution in [0.15, 0.2) is 10.2 Å². The first-order chi connectivity index (χ1) is 10.8. The van der Waals surface area contributed by atoms with E-state index in [9.17, 15) is 19.8 Å². The number of nitrogens with zero attached hydrogens (tertiary/aromatic N) is 6. The predicted octanol–water partition coefficient (Wildman–Crippen LogP) is 1.23. The topological polar surface area (TPSA) is 194 Å². The molecule has 0 amide bonds. The van der Waals surface area contributed by atoms with Gasteiger partial charge >= 0.3 is 11.9 Å². The summed E-state index contributed by atoms with van der Waals surface area (Å²) in [7, 11) is 0. The van der Waals surface area contributed by atoms with Crippen molar-refractivity contribution in [3.63, 3.8) is 0 Å². The van der Waals surface area contributed by atoms with Crippen LogP contribution in [0.1, 0.15) is 27.7 Å². The molecule has 0 fully saturated rings. The van der Waals surface area contributed by atoms with Gasteiger partial charge in [0.1, 0.15) is 11.1 Å². The zero-order valence-electron chi connectivity index (χ0n) is 13.4. The van der Waals surface area contributed by atoms with E-state index >= 15 is 0 Å². The highest BCUT2D eigenvalue weighted by molar-refractivity contribution is 5.84. The summed E-state index contributed by atoms with van der Waals surface area (Å²) >= 11 is 0. The van der Waals surface area contributed by atoms with Crippen LogP contribution in [0.25, 0.3) is 0 Å². The molecule has 0 aromatic rings. The molecule has 0 unspecified atom stereocenters. The van der Waals surface area contributed by atoms with Gasteiger partial charge in [-0.25, -0.2) is 9.59 Å². The Kier molecular flexibility index (Phi) is 5.40. The highest BCUT2D eigenvalue weighted by atomic mass is 16.4. The molecule has 0 radical (unpaired) electrons. The zero-order valence-corrected chi connectivity index (χ0v) is 13.4. The number of azo groups is 1. The largest absolute Gasteiger partial charge is 0.479 e. The number of hydrogen-bond acceptors (Lipinski definition) is 8. The van der Waals surface area contributed by atoms with E-state index in [1.807, 2.05) is 0 Å². The van der Waals surface area contributed by atoms with Crippen molar-refractivity contribution in [1.82, 2.24) is 0 Å². The molecule has 0 saturated carbocycles. The van der Waals surface area contributed by atoms with Gasteiger partial charge < -0.3 is 10.2 Å². The van der Waals surface area contributed by atoms with Crippen LogP contribution in [0, 0.1) is 56.2 Å². The molecule has 2 N–H and O–H groups in total. The van der Waals surface area contributed by atoms with Gasteiger partial charge in [-0.1, -0.05) is 0 Å². The van der Waals surface area contributed by atoms with Crippen molar-refractivity contribution >= 4 is 11.9 Å². The third kappa shape index (κ3) is 2.74. The number of carboxylic acids is 2. The first-order valence-corrected chi connectivity index (χ1v) is 6.40. The number of carbonyl (C=O) groups is 2. The van der Waals surface area contributed by atoms with Gasteiger partial charge in [0.15, 0.2) is 0 Å². The van der Waals surface area contributed by atoms with E-state index in [1.165, 1.54) is 24.3 Å². The fourth-order valence-corrected chi connectivity index (χ4v) is 1.71. The summed E-state index contributed by atoms with van der Waals surface area (Å²) in [6, 6.07) is 5.48. The summed E-state index contributed by atoms with van der Waals surface area (Å²) in [6.07, 6.45) is 0.